The SMILES string of the molecule is CC(C)C(=O)N1CCC[C@H]1c1nc2cc(-c3ccc(F)cc3F)ccc2o1. The van der Waals surface area contributed by atoms with Crippen molar-refractivity contribution in [2.75, 3.05) is 6.54 Å². The summed E-state index contributed by atoms with van der Waals surface area (Å²) < 4.78 is 33.1. The van der Waals surface area contributed by atoms with Crippen molar-refractivity contribution in [3.05, 3.63) is 53.9 Å². The quantitative estimate of drug-likeness (QED) is 0.645. The van der Waals surface area contributed by atoms with Gasteiger partial charge in [-0.15, -0.1) is 0 Å². The molecule has 2 aromatic carbocycles. The second kappa shape index (κ2) is 6.76. The molecule has 0 spiro atoms. The molecule has 6 heteroatoms. The topological polar surface area (TPSA) is 46.3 Å². The summed E-state index contributed by atoms with van der Waals surface area (Å²) in [5.74, 6) is -0.718. The van der Waals surface area contributed by atoms with E-state index in [1.807, 2.05) is 18.7 Å². The fourth-order valence-electron chi connectivity index (χ4n) is 3.60. The highest BCUT2D eigenvalue weighted by Gasteiger charge is 2.34. The van der Waals surface area contributed by atoms with E-state index in [1.165, 1.54) is 12.1 Å². The molecule has 0 aliphatic carbocycles. The average Bonchev–Trinajstić information content (AvgIpc) is 3.26. The molecule has 4 rings (SSSR count). The van der Waals surface area contributed by atoms with Crippen molar-refractivity contribution in [3.8, 4) is 11.1 Å². The summed E-state index contributed by atoms with van der Waals surface area (Å²) in [7, 11) is 0. The molecule has 2 heterocycles. The number of halogens is 2. The minimum Gasteiger partial charge on any atom is -0.438 e. The van der Waals surface area contributed by atoms with E-state index < -0.39 is 11.6 Å². The first-order valence-electron chi connectivity index (χ1n) is 9.10. The number of amides is 1. The Hall–Kier alpha value is -2.76. The number of nitrogens with zero attached hydrogens (tertiary/aromatic N) is 2. The van der Waals surface area contributed by atoms with Crippen LogP contribution in [0.4, 0.5) is 8.78 Å². The second-order valence-corrected chi connectivity index (χ2v) is 7.20. The van der Waals surface area contributed by atoms with Gasteiger partial charge >= 0.3 is 0 Å². The highest BCUT2D eigenvalue weighted by atomic mass is 19.1. The van der Waals surface area contributed by atoms with Crippen molar-refractivity contribution in [1.82, 2.24) is 9.88 Å². The Labute approximate surface area is 155 Å². The molecule has 1 amide bonds. The summed E-state index contributed by atoms with van der Waals surface area (Å²) in [6.45, 7) is 4.47. The van der Waals surface area contributed by atoms with Crippen LogP contribution >= 0.6 is 0 Å². The number of carbonyl (C=O) groups excluding carboxylic acids is 1. The molecule has 27 heavy (non-hydrogen) atoms. The first-order valence-corrected chi connectivity index (χ1v) is 9.10. The van der Waals surface area contributed by atoms with E-state index in [0.29, 0.717) is 34.7 Å². The van der Waals surface area contributed by atoms with Crippen LogP contribution in [0.3, 0.4) is 0 Å². The molecule has 4 nitrogen and oxygen atoms in total. The van der Waals surface area contributed by atoms with Crippen LogP contribution in [0.1, 0.15) is 38.6 Å². The summed E-state index contributed by atoms with van der Waals surface area (Å²) in [6, 6.07) is 8.51. The van der Waals surface area contributed by atoms with Gasteiger partial charge in [0.05, 0.1) is 0 Å². The van der Waals surface area contributed by atoms with Crippen LogP contribution in [0.5, 0.6) is 0 Å². The first-order chi connectivity index (χ1) is 12.9. The Morgan fingerprint density at radius 2 is 2.04 bits per heavy atom. The molecule has 1 fully saturated rings. The van der Waals surface area contributed by atoms with E-state index >= 15 is 0 Å². The molecule has 1 aromatic heterocycles. The molecular weight excluding hydrogens is 350 g/mol. The molecule has 3 aromatic rings. The first kappa shape index (κ1) is 17.6. The van der Waals surface area contributed by atoms with Gasteiger partial charge in [0.25, 0.3) is 0 Å². The minimum atomic E-state index is -0.623. The molecule has 1 aliphatic heterocycles. The van der Waals surface area contributed by atoms with Crippen LogP contribution in [-0.4, -0.2) is 22.3 Å². The van der Waals surface area contributed by atoms with Crippen molar-refractivity contribution in [3.63, 3.8) is 0 Å². The van der Waals surface area contributed by atoms with E-state index in [1.54, 1.807) is 18.2 Å². The van der Waals surface area contributed by atoms with Crippen molar-refractivity contribution in [1.29, 1.82) is 0 Å². The van der Waals surface area contributed by atoms with Crippen LogP contribution in [0, 0.1) is 17.6 Å². The fraction of sp³-hybridized carbons (Fsp3) is 0.333. The minimum absolute atomic E-state index is 0.0805. The van der Waals surface area contributed by atoms with Gasteiger partial charge in [0.15, 0.2) is 5.58 Å². The number of fused-ring (bicyclic) bond motifs is 1. The van der Waals surface area contributed by atoms with E-state index in [0.717, 1.165) is 18.9 Å². The van der Waals surface area contributed by atoms with E-state index in [9.17, 15) is 13.6 Å². The average molecular weight is 370 g/mol. The lowest BCUT2D eigenvalue weighted by Crippen LogP contribution is -2.33. The molecule has 0 unspecified atom stereocenters. The van der Waals surface area contributed by atoms with Gasteiger partial charge in [-0.3, -0.25) is 4.79 Å². The van der Waals surface area contributed by atoms with Crippen molar-refractivity contribution < 1.29 is 18.0 Å². The predicted octanol–water partition coefficient (Wildman–Crippen LogP) is 5.09. The Morgan fingerprint density at radius 3 is 2.78 bits per heavy atom. The zero-order valence-electron chi connectivity index (χ0n) is 15.2. The number of aromatic nitrogens is 1. The van der Waals surface area contributed by atoms with E-state index in [2.05, 4.69) is 4.98 Å². The third-order valence-electron chi connectivity index (χ3n) is 4.96. The lowest BCUT2D eigenvalue weighted by molar-refractivity contribution is -0.135. The molecule has 0 radical (unpaired) electrons. The van der Waals surface area contributed by atoms with Crippen LogP contribution in [0.2, 0.25) is 0 Å². The zero-order valence-corrected chi connectivity index (χ0v) is 15.2. The van der Waals surface area contributed by atoms with Gasteiger partial charge in [-0.2, -0.15) is 0 Å². The molecule has 0 bridgehead atoms. The normalized spacial score (nSPS) is 17.2. The van der Waals surface area contributed by atoms with E-state index in [4.69, 9.17) is 4.42 Å². The van der Waals surface area contributed by atoms with Gasteiger partial charge in [0.1, 0.15) is 23.2 Å². The number of hydrogen-bond acceptors (Lipinski definition) is 3. The predicted molar refractivity (Wildman–Crippen MR) is 97.9 cm³/mol. The summed E-state index contributed by atoms with van der Waals surface area (Å²) in [4.78, 5) is 18.8. The third kappa shape index (κ3) is 3.20. The maximum absolute atomic E-state index is 14.1. The summed E-state index contributed by atoms with van der Waals surface area (Å²) in [6.07, 6.45) is 1.72. The van der Waals surface area contributed by atoms with Gasteiger partial charge in [0.2, 0.25) is 11.8 Å². The van der Waals surface area contributed by atoms with Gasteiger partial charge in [-0.1, -0.05) is 19.9 Å². The standard InChI is InChI=1S/C21H20F2N2O2/c1-12(2)21(26)25-9-3-4-18(25)20-24-17-10-13(5-8-19(17)27-20)15-7-6-14(22)11-16(15)23/h5-8,10-12,18H,3-4,9H2,1-2H3/t18-/m0/s1. The zero-order chi connectivity index (χ0) is 19.1. The molecule has 1 saturated heterocycles. The van der Waals surface area contributed by atoms with Crippen LogP contribution in [0.15, 0.2) is 40.8 Å². The number of likely N-dealkylation sites (tertiary alicyclic amines) is 1. The van der Waals surface area contributed by atoms with Gasteiger partial charge in [-0.25, -0.2) is 13.8 Å². The molecule has 0 saturated carbocycles. The van der Waals surface area contributed by atoms with Crippen LogP contribution in [0.25, 0.3) is 22.2 Å². The Kier molecular flexibility index (Phi) is 4.42. The molecule has 0 N–H and O–H groups in total. The second-order valence-electron chi connectivity index (χ2n) is 7.20. The van der Waals surface area contributed by atoms with Crippen molar-refractivity contribution >= 4 is 17.0 Å². The molecule has 1 atom stereocenters. The lowest BCUT2D eigenvalue weighted by atomic mass is 10.0. The van der Waals surface area contributed by atoms with Crippen LogP contribution < -0.4 is 0 Å². The van der Waals surface area contributed by atoms with Crippen molar-refractivity contribution in [2.45, 2.75) is 32.7 Å². The largest absolute Gasteiger partial charge is 0.438 e. The Balaban J connectivity index is 1.70. The molecular formula is C21H20F2N2O2. The lowest BCUT2D eigenvalue weighted by Gasteiger charge is -2.24. The van der Waals surface area contributed by atoms with Gasteiger partial charge < -0.3 is 9.32 Å². The summed E-state index contributed by atoms with van der Waals surface area (Å²) >= 11 is 0. The number of oxazole rings is 1. The van der Waals surface area contributed by atoms with Gasteiger partial charge in [0, 0.05) is 24.1 Å². The van der Waals surface area contributed by atoms with Gasteiger partial charge in [-0.05, 0) is 42.7 Å². The Morgan fingerprint density at radius 1 is 1.22 bits per heavy atom. The number of hydrogen-bond donors (Lipinski definition) is 0. The molecule has 140 valence electrons. The number of benzene rings is 2. The fourth-order valence-corrected chi connectivity index (χ4v) is 3.60. The van der Waals surface area contributed by atoms with E-state index in [-0.39, 0.29) is 17.9 Å². The smallest absolute Gasteiger partial charge is 0.225 e. The Bertz CT molecular complexity index is 1010. The molecule has 1 aliphatic rings. The number of carbonyl (C=O) groups is 1. The maximum Gasteiger partial charge on any atom is 0.225 e. The third-order valence-corrected chi connectivity index (χ3v) is 4.96. The summed E-state index contributed by atoms with van der Waals surface area (Å²) in [5, 5.41) is 0. The maximum atomic E-state index is 14.1. The number of rotatable bonds is 3. The van der Waals surface area contributed by atoms with Crippen molar-refractivity contribution in [2.24, 2.45) is 5.92 Å². The summed E-state index contributed by atoms with van der Waals surface area (Å²) in [5.41, 5.74) is 2.08. The monoisotopic (exact) mass is 370 g/mol. The highest BCUT2D eigenvalue weighted by Crippen LogP contribution is 2.35. The van der Waals surface area contributed by atoms with Crippen LogP contribution in [-0.2, 0) is 4.79 Å². The highest BCUT2D eigenvalue weighted by molar-refractivity contribution is 5.81.